The van der Waals surface area contributed by atoms with Gasteiger partial charge >= 0.3 is 10.2 Å². The van der Waals surface area contributed by atoms with E-state index in [0.29, 0.717) is 0 Å². The van der Waals surface area contributed by atoms with Gasteiger partial charge in [0.2, 0.25) is 0 Å². The molecule has 1 rings (SSSR count). The lowest BCUT2D eigenvalue weighted by molar-refractivity contribution is 0.542. The van der Waals surface area contributed by atoms with Crippen molar-refractivity contribution in [1.29, 1.82) is 0 Å². The molecule has 0 saturated carbocycles. The van der Waals surface area contributed by atoms with Gasteiger partial charge in [-0.15, -0.1) is 0 Å². The van der Waals surface area contributed by atoms with Crippen molar-refractivity contribution in [2.75, 3.05) is 0 Å². The Morgan fingerprint density at radius 1 is 1.30 bits per heavy atom. The van der Waals surface area contributed by atoms with E-state index in [1.54, 1.807) is 0 Å². The average molecular weight is 162 g/mol. The Morgan fingerprint density at radius 2 is 1.80 bits per heavy atom. The Labute approximate surface area is 57.0 Å². The third-order valence-corrected chi connectivity index (χ3v) is 1.41. The van der Waals surface area contributed by atoms with Gasteiger partial charge in [-0.05, 0) is 6.07 Å². The molecule has 0 bridgehead atoms. The van der Waals surface area contributed by atoms with Gasteiger partial charge in [-0.3, -0.25) is 0 Å². The molecule has 1 heterocycles. The second-order valence-corrected chi connectivity index (χ2v) is 2.71. The summed E-state index contributed by atoms with van der Waals surface area (Å²) in [5, 5.41) is -0.796. The molecule has 0 saturated heterocycles. The number of hydrogen-bond acceptors (Lipinski definition) is 4. The maximum atomic E-state index is 12.0. The molecule has 0 aromatic carbocycles. The van der Waals surface area contributed by atoms with Crippen LogP contribution in [0.4, 0.5) is 3.89 Å². The first-order chi connectivity index (χ1) is 4.61. The van der Waals surface area contributed by atoms with E-state index in [1.165, 1.54) is 6.07 Å². The molecule has 4 nitrogen and oxygen atoms in total. The van der Waals surface area contributed by atoms with E-state index in [1.807, 2.05) is 0 Å². The minimum absolute atomic E-state index is 0.796. The zero-order valence-corrected chi connectivity index (χ0v) is 5.55. The first-order valence-electron chi connectivity index (χ1n) is 2.32. The maximum Gasteiger partial charge on any atom is 0.368 e. The zero-order valence-electron chi connectivity index (χ0n) is 4.73. The molecule has 10 heavy (non-hydrogen) atoms. The highest BCUT2D eigenvalue weighted by Crippen LogP contribution is 2.01. The zero-order chi connectivity index (χ0) is 7.61. The van der Waals surface area contributed by atoms with Crippen molar-refractivity contribution in [3.05, 3.63) is 18.5 Å². The van der Waals surface area contributed by atoms with Crippen LogP contribution < -0.4 is 0 Å². The third-order valence-electron chi connectivity index (χ3n) is 0.760. The van der Waals surface area contributed by atoms with Gasteiger partial charge in [0.05, 0.1) is 0 Å². The van der Waals surface area contributed by atoms with Gasteiger partial charge in [0.15, 0.2) is 0 Å². The van der Waals surface area contributed by atoms with Crippen LogP contribution in [0.15, 0.2) is 23.6 Å². The predicted octanol–water partition coefficient (Wildman–Crippen LogP) is 0.135. The normalized spacial score (nSPS) is 11.3. The van der Waals surface area contributed by atoms with Crippen molar-refractivity contribution in [3.63, 3.8) is 0 Å². The van der Waals surface area contributed by atoms with Crippen LogP contribution in [0.3, 0.4) is 0 Å². The number of rotatable bonds is 1. The Bertz CT molecular complexity index is 309. The standard InChI is InChI=1S/C4H3FN2O2S/c5-10(8,9)4-6-2-1-3-7-4/h1-3H. The molecule has 0 aliphatic rings. The van der Waals surface area contributed by atoms with Crippen LogP contribution in [-0.4, -0.2) is 18.4 Å². The molecular weight excluding hydrogens is 159 g/mol. The maximum absolute atomic E-state index is 12.0. The second kappa shape index (κ2) is 2.30. The first-order valence-corrected chi connectivity index (χ1v) is 3.71. The Kier molecular flexibility index (Phi) is 1.62. The van der Waals surface area contributed by atoms with Crippen LogP contribution in [-0.2, 0) is 10.2 Å². The van der Waals surface area contributed by atoms with Crippen molar-refractivity contribution in [3.8, 4) is 0 Å². The summed E-state index contributed by atoms with van der Waals surface area (Å²) >= 11 is 0. The van der Waals surface area contributed by atoms with Gasteiger partial charge in [-0.1, -0.05) is 3.89 Å². The number of hydrogen-bond donors (Lipinski definition) is 0. The van der Waals surface area contributed by atoms with Crippen LogP contribution in [0.5, 0.6) is 0 Å². The van der Waals surface area contributed by atoms with Gasteiger partial charge in [0, 0.05) is 12.4 Å². The van der Waals surface area contributed by atoms with E-state index >= 15 is 0 Å². The molecule has 54 valence electrons. The predicted molar refractivity (Wildman–Crippen MR) is 30.3 cm³/mol. The summed E-state index contributed by atoms with van der Waals surface area (Å²) in [6.07, 6.45) is 2.30. The van der Waals surface area contributed by atoms with Crippen molar-refractivity contribution in [1.82, 2.24) is 9.97 Å². The summed E-state index contributed by atoms with van der Waals surface area (Å²) in [7, 11) is -4.73. The van der Waals surface area contributed by atoms with Gasteiger partial charge in [0.25, 0.3) is 5.16 Å². The van der Waals surface area contributed by atoms with E-state index in [0.717, 1.165) is 12.4 Å². The topological polar surface area (TPSA) is 59.9 Å². The quantitative estimate of drug-likeness (QED) is 0.435. The van der Waals surface area contributed by atoms with Crippen LogP contribution >= 0.6 is 0 Å². The summed E-state index contributed by atoms with van der Waals surface area (Å²) in [5.41, 5.74) is 0. The highest BCUT2D eigenvalue weighted by molar-refractivity contribution is 7.86. The van der Waals surface area contributed by atoms with Gasteiger partial charge < -0.3 is 0 Å². The third kappa shape index (κ3) is 1.47. The van der Waals surface area contributed by atoms with Crippen molar-refractivity contribution in [2.24, 2.45) is 0 Å². The molecule has 0 fully saturated rings. The largest absolute Gasteiger partial charge is 0.368 e. The SMILES string of the molecule is O=S(=O)(F)c1ncccn1. The van der Waals surface area contributed by atoms with Crippen LogP contribution in [0.1, 0.15) is 0 Å². The lowest BCUT2D eigenvalue weighted by Crippen LogP contribution is -1.97. The molecular formula is C4H3FN2O2S. The number of nitrogens with zero attached hydrogens (tertiary/aromatic N) is 2. The molecule has 0 aliphatic carbocycles. The van der Waals surface area contributed by atoms with Gasteiger partial charge in [-0.25, -0.2) is 9.97 Å². The van der Waals surface area contributed by atoms with Crippen molar-refractivity contribution in [2.45, 2.75) is 5.16 Å². The minimum atomic E-state index is -4.73. The molecule has 0 amide bonds. The van der Waals surface area contributed by atoms with Crippen molar-refractivity contribution < 1.29 is 12.3 Å². The molecule has 0 spiro atoms. The highest BCUT2D eigenvalue weighted by Gasteiger charge is 2.13. The fourth-order valence-corrected chi connectivity index (χ4v) is 0.785. The monoisotopic (exact) mass is 162 g/mol. The minimum Gasteiger partial charge on any atom is -0.224 e. The highest BCUT2D eigenvalue weighted by atomic mass is 32.3. The second-order valence-electron chi connectivity index (χ2n) is 1.47. The van der Waals surface area contributed by atoms with Crippen molar-refractivity contribution >= 4 is 10.2 Å². The smallest absolute Gasteiger partial charge is 0.224 e. The Morgan fingerprint density at radius 3 is 2.10 bits per heavy atom. The molecule has 0 atom stereocenters. The summed E-state index contributed by atoms with van der Waals surface area (Å²) < 4.78 is 32.1. The Hall–Kier alpha value is -1.04. The van der Waals surface area contributed by atoms with Gasteiger partial charge in [0.1, 0.15) is 0 Å². The fourth-order valence-electron chi connectivity index (χ4n) is 0.411. The Balaban J connectivity index is 3.22. The average Bonchev–Trinajstić information content (AvgIpc) is 1.88. The van der Waals surface area contributed by atoms with E-state index in [2.05, 4.69) is 9.97 Å². The van der Waals surface area contributed by atoms with E-state index in [9.17, 15) is 12.3 Å². The first kappa shape index (κ1) is 7.07. The lowest BCUT2D eigenvalue weighted by Gasteiger charge is -1.87. The number of halogens is 1. The molecule has 0 unspecified atom stereocenters. The summed E-state index contributed by atoms with van der Waals surface area (Å²) in [6, 6.07) is 1.40. The molecule has 0 aliphatic heterocycles. The van der Waals surface area contributed by atoms with E-state index in [-0.39, 0.29) is 0 Å². The fraction of sp³-hybridized carbons (Fsp3) is 0. The molecule has 0 radical (unpaired) electrons. The van der Waals surface area contributed by atoms with E-state index < -0.39 is 15.4 Å². The molecule has 1 aromatic rings. The number of aromatic nitrogens is 2. The van der Waals surface area contributed by atoms with Crippen LogP contribution in [0.25, 0.3) is 0 Å². The summed E-state index contributed by atoms with van der Waals surface area (Å²) in [5.74, 6) is 0. The molecule has 6 heteroatoms. The molecule has 0 N–H and O–H groups in total. The van der Waals surface area contributed by atoms with Gasteiger partial charge in [-0.2, -0.15) is 8.42 Å². The summed E-state index contributed by atoms with van der Waals surface area (Å²) in [6.45, 7) is 0. The van der Waals surface area contributed by atoms with Crippen LogP contribution in [0, 0.1) is 0 Å². The van der Waals surface area contributed by atoms with E-state index in [4.69, 9.17) is 0 Å². The summed E-state index contributed by atoms with van der Waals surface area (Å²) in [4.78, 5) is 6.35. The van der Waals surface area contributed by atoms with Crippen LogP contribution in [0.2, 0.25) is 0 Å². The lowest BCUT2D eigenvalue weighted by atomic mass is 10.7. The molecule has 1 aromatic heterocycles.